The highest BCUT2D eigenvalue weighted by molar-refractivity contribution is 7.10. The Morgan fingerprint density at radius 2 is 1.94 bits per heavy atom. The maximum Gasteiger partial charge on any atom is 0.137 e. The minimum absolute atomic E-state index is 0.107. The Morgan fingerprint density at radius 1 is 1.16 bits per heavy atom. The Bertz CT molecular complexity index is 1220. The summed E-state index contributed by atoms with van der Waals surface area (Å²) in [5.41, 5.74) is 2.23. The van der Waals surface area contributed by atoms with Crippen LogP contribution in [0.1, 0.15) is 35.0 Å². The summed E-state index contributed by atoms with van der Waals surface area (Å²) < 4.78 is 29.3. The fraction of sp³-hybridized carbons (Fsp3) is 0.182. The van der Waals surface area contributed by atoms with E-state index in [9.17, 15) is 13.9 Å². The van der Waals surface area contributed by atoms with Gasteiger partial charge in [-0.2, -0.15) is 10.4 Å². The second-order valence-corrected chi connectivity index (χ2v) is 7.92. The lowest BCUT2D eigenvalue weighted by molar-refractivity contribution is 0.0996. The Hall–Kier alpha value is -3.48. The van der Waals surface area contributed by atoms with E-state index in [-0.39, 0.29) is 5.56 Å². The zero-order valence-corrected chi connectivity index (χ0v) is 17.2. The maximum absolute atomic E-state index is 14.6. The molecule has 4 aromatic rings. The Balaban J connectivity index is 1.65. The van der Waals surface area contributed by atoms with Gasteiger partial charge in [0.15, 0.2) is 0 Å². The third-order valence-corrected chi connectivity index (χ3v) is 6.11. The maximum atomic E-state index is 14.6. The van der Waals surface area contributed by atoms with Crippen LogP contribution >= 0.6 is 11.3 Å². The summed E-state index contributed by atoms with van der Waals surface area (Å²) in [7, 11) is 0. The first kappa shape index (κ1) is 20.8. The van der Waals surface area contributed by atoms with Crippen LogP contribution in [-0.4, -0.2) is 31.0 Å². The van der Waals surface area contributed by atoms with Crippen LogP contribution in [0.25, 0.3) is 11.3 Å². The van der Waals surface area contributed by atoms with Crippen molar-refractivity contribution in [2.75, 3.05) is 0 Å². The lowest BCUT2D eigenvalue weighted by Crippen LogP contribution is -2.31. The summed E-state index contributed by atoms with van der Waals surface area (Å²) in [4.78, 5) is 8.52. The summed E-state index contributed by atoms with van der Waals surface area (Å²) in [6.07, 6.45) is 1.56. The van der Waals surface area contributed by atoms with Crippen molar-refractivity contribution in [2.45, 2.75) is 25.0 Å². The minimum atomic E-state index is -1.11. The largest absolute Gasteiger partial charge is 0.390 e. The van der Waals surface area contributed by atoms with Gasteiger partial charge in [0, 0.05) is 28.5 Å². The zero-order valence-electron chi connectivity index (χ0n) is 16.4. The van der Waals surface area contributed by atoms with Gasteiger partial charge in [0.1, 0.15) is 30.3 Å². The molecule has 0 aliphatic carbocycles. The summed E-state index contributed by atoms with van der Waals surface area (Å²) in [5.74, 6) is -1.95. The fourth-order valence-electron chi connectivity index (χ4n) is 3.35. The number of aromatic nitrogens is 4. The van der Waals surface area contributed by atoms with E-state index in [0.717, 1.165) is 17.7 Å². The summed E-state index contributed by atoms with van der Waals surface area (Å²) in [5, 5.41) is 26.7. The van der Waals surface area contributed by atoms with E-state index in [0.29, 0.717) is 16.3 Å². The molecule has 0 fully saturated rings. The van der Waals surface area contributed by atoms with Gasteiger partial charge in [-0.25, -0.2) is 23.4 Å². The zero-order chi connectivity index (χ0) is 22.0. The molecular weight excluding hydrogens is 420 g/mol. The first-order valence-electron chi connectivity index (χ1n) is 9.41. The number of hydrogen-bond donors (Lipinski definition) is 1. The summed E-state index contributed by atoms with van der Waals surface area (Å²) in [6, 6.07) is 11.4. The molecule has 0 spiro atoms. The van der Waals surface area contributed by atoms with E-state index < -0.39 is 29.7 Å². The molecule has 3 atom stereocenters. The van der Waals surface area contributed by atoms with Crippen LogP contribution < -0.4 is 0 Å². The third kappa shape index (κ3) is 4.21. The predicted octanol–water partition coefficient (Wildman–Crippen LogP) is 4.31. The number of aliphatic hydroxyl groups excluding tert-OH is 1. The molecule has 0 saturated heterocycles. The summed E-state index contributed by atoms with van der Waals surface area (Å²) in [6.45, 7) is 1.79. The topological polar surface area (TPSA) is 87.6 Å². The molecule has 4 rings (SSSR count). The van der Waals surface area contributed by atoms with Crippen molar-refractivity contribution < 1.29 is 13.9 Å². The average Bonchev–Trinajstić information content (AvgIpc) is 3.47. The lowest BCUT2D eigenvalue weighted by atomic mass is 9.92. The van der Waals surface area contributed by atoms with Gasteiger partial charge in [-0.3, -0.25) is 0 Å². The molecule has 2 aromatic heterocycles. The second-order valence-electron chi connectivity index (χ2n) is 7.03. The molecule has 6 nitrogen and oxygen atoms in total. The van der Waals surface area contributed by atoms with Gasteiger partial charge in [0.25, 0.3) is 0 Å². The number of aliphatic hydroxyl groups is 1. The molecule has 3 unspecified atom stereocenters. The standard InChI is InChI=1S/C22H17F2N5OS/c1-13(22-28-19(10-31-22)15-4-2-14(9-25)3-5-15)21(30)20(29-12-26-11-27-29)17-7-6-16(23)8-18(17)24/h2-8,10-13,20-21,30H,1H3. The van der Waals surface area contributed by atoms with Gasteiger partial charge in [0.2, 0.25) is 0 Å². The van der Waals surface area contributed by atoms with Crippen LogP contribution in [0.15, 0.2) is 60.5 Å². The van der Waals surface area contributed by atoms with Crippen LogP contribution in [0.3, 0.4) is 0 Å². The highest BCUT2D eigenvalue weighted by atomic mass is 32.1. The van der Waals surface area contributed by atoms with Gasteiger partial charge >= 0.3 is 0 Å². The van der Waals surface area contributed by atoms with E-state index in [1.807, 2.05) is 17.5 Å². The molecule has 9 heteroatoms. The monoisotopic (exact) mass is 437 g/mol. The van der Waals surface area contributed by atoms with Crippen LogP contribution in [0.4, 0.5) is 8.78 Å². The van der Waals surface area contributed by atoms with E-state index in [1.54, 1.807) is 19.1 Å². The molecule has 0 aliphatic heterocycles. The van der Waals surface area contributed by atoms with Crippen molar-refractivity contribution in [1.82, 2.24) is 19.7 Å². The van der Waals surface area contributed by atoms with Crippen LogP contribution in [0.2, 0.25) is 0 Å². The Morgan fingerprint density at radius 3 is 2.58 bits per heavy atom. The third-order valence-electron chi connectivity index (χ3n) is 5.06. The fourth-order valence-corrected chi connectivity index (χ4v) is 4.28. The van der Waals surface area contributed by atoms with Crippen molar-refractivity contribution in [3.63, 3.8) is 0 Å². The molecule has 0 saturated carbocycles. The van der Waals surface area contributed by atoms with Crippen molar-refractivity contribution >= 4 is 11.3 Å². The Labute approximate surface area is 181 Å². The van der Waals surface area contributed by atoms with Crippen molar-refractivity contribution in [2.24, 2.45) is 0 Å². The number of nitrogens with zero attached hydrogens (tertiary/aromatic N) is 5. The molecule has 0 amide bonds. The molecule has 2 aromatic carbocycles. The average molecular weight is 437 g/mol. The van der Waals surface area contributed by atoms with Crippen LogP contribution in [0.5, 0.6) is 0 Å². The van der Waals surface area contributed by atoms with Gasteiger partial charge < -0.3 is 5.11 Å². The molecule has 0 aliphatic rings. The SMILES string of the molecule is CC(c1nc(-c2ccc(C#N)cc2)cs1)C(O)C(c1ccc(F)cc1F)n1cncn1. The van der Waals surface area contributed by atoms with E-state index in [2.05, 4.69) is 21.1 Å². The number of benzene rings is 2. The van der Waals surface area contributed by atoms with E-state index in [1.165, 1.54) is 34.7 Å². The predicted molar refractivity (Wildman–Crippen MR) is 111 cm³/mol. The molecule has 156 valence electrons. The first-order chi connectivity index (χ1) is 15.0. The summed E-state index contributed by atoms with van der Waals surface area (Å²) >= 11 is 1.37. The van der Waals surface area contributed by atoms with Gasteiger partial charge in [0.05, 0.1) is 28.4 Å². The molecule has 31 heavy (non-hydrogen) atoms. The van der Waals surface area contributed by atoms with E-state index >= 15 is 0 Å². The first-order valence-corrected chi connectivity index (χ1v) is 10.3. The van der Waals surface area contributed by atoms with Gasteiger partial charge in [-0.15, -0.1) is 11.3 Å². The quantitative estimate of drug-likeness (QED) is 0.486. The highest BCUT2D eigenvalue weighted by Crippen LogP contribution is 2.35. The number of thiazole rings is 1. The minimum Gasteiger partial charge on any atom is -0.390 e. The van der Waals surface area contributed by atoms with Crippen molar-refractivity contribution in [1.29, 1.82) is 5.26 Å². The van der Waals surface area contributed by atoms with Gasteiger partial charge in [-0.05, 0) is 18.2 Å². The number of rotatable bonds is 6. The van der Waals surface area contributed by atoms with Crippen molar-refractivity contribution in [3.05, 3.63) is 88.3 Å². The normalized spacial score (nSPS) is 14.0. The molecule has 2 heterocycles. The molecule has 0 bridgehead atoms. The number of halogens is 2. The second kappa shape index (κ2) is 8.71. The highest BCUT2D eigenvalue weighted by Gasteiger charge is 2.33. The molecular formula is C22H17F2N5OS. The molecule has 0 radical (unpaired) electrons. The molecule has 1 N–H and O–H groups in total. The van der Waals surface area contributed by atoms with Crippen molar-refractivity contribution in [3.8, 4) is 17.3 Å². The smallest absolute Gasteiger partial charge is 0.137 e. The Kier molecular flexibility index (Phi) is 5.84. The lowest BCUT2D eigenvalue weighted by Gasteiger charge is -2.27. The number of nitriles is 1. The number of hydrogen-bond acceptors (Lipinski definition) is 6. The van der Waals surface area contributed by atoms with Gasteiger partial charge in [-0.1, -0.05) is 25.1 Å². The van der Waals surface area contributed by atoms with E-state index in [4.69, 9.17) is 5.26 Å². The van der Waals surface area contributed by atoms with Crippen LogP contribution in [0, 0.1) is 23.0 Å². The van der Waals surface area contributed by atoms with Crippen LogP contribution in [-0.2, 0) is 0 Å².